The van der Waals surface area contributed by atoms with E-state index in [0.717, 1.165) is 65.8 Å². The number of hydrogen-bond donors (Lipinski definition) is 4. The number of carbonyl (C=O) groups is 2. The molecule has 3 aromatic carbocycles. The number of nitrogens with zero attached hydrogens (tertiary/aromatic N) is 6. The standard InChI is InChI=1S/C44H50N10O4/c1-29-12-14-31(15-13-29)54-41(24-38(52-54)44(2,3)4)51-43(56)49-35-16-17-37(34-11-7-6-10-33(34)35)58-28-30-18-19-45-39(23-30)50-40-26-47-36(25-48-40)42(55)46-20-22-53-21-8-9-32(27-53)57-5/h6-7,10-19,23-26,32H,8-9,20-22,27-28H2,1-5H3,(H,46,55)(H,45,48,50)(H2,49,51,56). The van der Waals surface area contributed by atoms with Crippen molar-refractivity contribution in [2.45, 2.75) is 58.7 Å². The van der Waals surface area contributed by atoms with Crippen molar-refractivity contribution < 1.29 is 19.1 Å². The highest BCUT2D eigenvalue weighted by Crippen LogP contribution is 2.33. The highest BCUT2D eigenvalue weighted by Gasteiger charge is 2.22. The smallest absolute Gasteiger partial charge is 0.324 e. The van der Waals surface area contributed by atoms with Gasteiger partial charge in [0.1, 0.15) is 35.5 Å². The molecule has 300 valence electrons. The maximum Gasteiger partial charge on any atom is 0.324 e. The second-order valence-electron chi connectivity index (χ2n) is 15.5. The van der Waals surface area contributed by atoms with Crippen LogP contribution in [0.5, 0.6) is 5.75 Å². The van der Waals surface area contributed by atoms with Crippen LogP contribution in [0.15, 0.2) is 97.5 Å². The summed E-state index contributed by atoms with van der Waals surface area (Å²) in [5, 5.41) is 18.6. The average molecular weight is 783 g/mol. The fraction of sp³-hybridized carbons (Fsp3) is 0.318. The Kier molecular flexibility index (Phi) is 12.2. The van der Waals surface area contributed by atoms with Crippen LogP contribution in [0.25, 0.3) is 16.5 Å². The summed E-state index contributed by atoms with van der Waals surface area (Å²) in [5.74, 6) is 1.96. The molecular formula is C44H50N10O4. The molecule has 1 atom stereocenters. The molecule has 58 heavy (non-hydrogen) atoms. The molecule has 1 aliphatic heterocycles. The Hall–Kier alpha value is -6.38. The highest BCUT2D eigenvalue weighted by molar-refractivity contribution is 6.07. The zero-order valence-electron chi connectivity index (χ0n) is 33.6. The first kappa shape index (κ1) is 39.8. The highest BCUT2D eigenvalue weighted by atomic mass is 16.5. The monoisotopic (exact) mass is 782 g/mol. The van der Waals surface area contributed by atoms with Crippen LogP contribution in [-0.2, 0) is 16.8 Å². The number of pyridine rings is 1. The number of nitrogens with one attached hydrogen (secondary N) is 4. The number of piperidine rings is 1. The van der Waals surface area contributed by atoms with Crippen molar-refractivity contribution in [2.75, 3.05) is 49.2 Å². The Morgan fingerprint density at radius 2 is 1.71 bits per heavy atom. The number of carbonyl (C=O) groups excluding carboxylic acids is 2. The van der Waals surface area contributed by atoms with Crippen LogP contribution in [0.4, 0.5) is 27.9 Å². The topological polar surface area (TPSA) is 160 Å². The maximum atomic E-state index is 13.5. The molecule has 1 saturated heterocycles. The zero-order chi connectivity index (χ0) is 40.6. The van der Waals surface area contributed by atoms with Crippen LogP contribution in [-0.4, -0.2) is 81.0 Å². The van der Waals surface area contributed by atoms with Crippen LogP contribution in [0, 0.1) is 6.92 Å². The second kappa shape index (κ2) is 17.8. The van der Waals surface area contributed by atoms with Crippen LogP contribution in [0.3, 0.4) is 0 Å². The second-order valence-corrected chi connectivity index (χ2v) is 15.5. The quantitative estimate of drug-likeness (QED) is 0.0918. The number of urea groups is 1. The normalized spacial score (nSPS) is 14.5. The number of amides is 3. The molecule has 0 radical (unpaired) electrons. The molecule has 7 rings (SSSR count). The minimum Gasteiger partial charge on any atom is -0.488 e. The van der Waals surface area contributed by atoms with Gasteiger partial charge in [0.25, 0.3) is 5.91 Å². The van der Waals surface area contributed by atoms with E-state index in [1.165, 1.54) is 12.4 Å². The lowest BCUT2D eigenvalue weighted by molar-refractivity contribution is 0.0318. The van der Waals surface area contributed by atoms with Crippen molar-refractivity contribution in [3.05, 3.63) is 120 Å². The molecule has 0 saturated carbocycles. The summed E-state index contributed by atoms with van der Waals surface area (Å²) in [6, 6.07) is 24.7. The van der Waals surface area contributed by atoms with E-state index in [2.05, 4.69) is 61.9 Å². The van der Waals surface area contributed by atoms with E-state index in [4.69, 9.17) is 14.6 Å². The zero-order valence-corrected chi connectivity index (χ0v) is 33.6. The number of hydrogen-bond acceptors (Lipinski definition) is 10. The van der Waals surface area contributed by atoms with Crippen molar-refractivity contribution in [2.24, 2.45) is 0 Å². The van der Waals surface area contributed by atoms with Crippen molar-refractivity contribution in [1.82, 2.24) is 34.9 Å². The van der Waals surface area contributed by atoms with E-state index in [1.54, 1.807) is 18.0 Å². The molecule has 1 fully saturated rings. The van der Waals surface area contributed by atoms with Crippen LogP contribution in [0.2, 0.25) is 0 Å². The number of aryl methyl sites for hydroxylation is 1. The van der Waals surface area contributed by atoms with Gasteiger partial charge in [-0.05, 0) is 68.3 Å². The van der Waals surface area contributed by atoms with Gasteiger partial charge in [0.15, 0.2) is 0 Å². The summed E-state index contributed by atoms with van der Waals surface area (Å²) in [6.45, 7) is 11.7. The van der Waals surface area contributed by atoms with Gasteiger partial charge in [-0.15, -0.1) is 0 Å². The third-order valence-corrected chi connectivity index (χ3v) is 10.00. The van der Waals surface area contributed by atoms with E-state index in [1.807, 2.05) is 85.8 Å². The molecule has 14 heteroatoms. The van der Waals surface area contributed by atoms with E-state index in [0.29, 0.717) is 35.4 Å². The summed E-state index contributed by atoms with van der Waals surface area (Å²) in [5.41, 5.74) is 4.38. The molecular weight excluding hydrogens is 733 g/mol. The predicted octanol–water partition coefficient (Wildman–Crippen LogP) is 7.62. The summed E-state index contributed by atoms with van der Waals surface area (Å²) >= 11 is 0. The average Bonchev–Trinajstić information content (AvgIpc) is 3.65. The van der Waals surface area contributed by atoms with Crippen LogP contribution >= 0.6 is 0 Å². The van der Waals surface area contributed by atoms with E-state index >= 15 is 0 Å². The molecule has 4 N–H and O–H groups in total. The number of likely N-dealkylation sites (tertiary alicyclic amines) is 1. The lowest BCUT2D eigenvalue weighted by atomic mass is 9.92. The lowest BCUT2D eigenvalue weighted by Crippen LogP contribution is -2.43. The summed E-state index contributed by atoms with van der Waals surface area (Å²) < 4.78 is 13.6. The molecule has 1 unspecified atom stereocenters. The number of aromatic nitrogens is 5. The molecule has 1 aliphatic rings. The number of ether oxygens (including phenoxy) is 2. The number of benzene rings is 3. The van der Waals surface area contributed by atoms with Gasteiger partial charge in [-0.3, -0.25) is 15.0 Å². The molecule has 4 heterocycles. The van der Waals surface area contributed by atoms with Gasteiger partial charge in [-0.1, -0.05) is 62.7 Å². The van der Waals surface area contributed by atoms with Crippen molar-refractivity contribution in [1.29, 1.82) is 0 Å². The summed E-state index contributed by atoms with van der Waals surface area (Å²) in [4.78, 5) is 41.6. The largest absolute Gasteiger partial charge is 0.488 e. The number of fused-ring (bicyclic) bond motifs is 1. The third kappa shape index (κ3) is 9.94. The molecule has 14 nitrogen and oxygen atoms in total. The Morgan fingerprint density at radius 3 is 2.47 bits per heavy atom. The Morgan fingerprint density at radius 1 is 0.897 bits per heavy atom. The number of methoxy groups -OCH3 is 1. The molecule has 6 aromatic rings. The Balaban J connectivity index is 0.958. The molecule has 3 amide bonds. The predicted molar refractivity (Wildman–Crippen MR) is 226 cm³/mol. The van der Waals surface area contributed by atoms with Gasteiger partial charge >= 0.3 is 6.03 Å². The first-order valence-corrected chi connectivity index (χ1v) is 19.5. The fourth-order valence-electron chi connectivity index (χ4n) is 6.76. The minimum absolute atomic E-state index is 0.215. The van der Waals surface area contributed by atoms with Gasteiger partial charge in [0.2, 0.25) is 0 Å². The van der Waals surface area contributed by atoms with Crippen molar-refractivity contribution in [3.63, 3.8) is 0 Å². The molecule has 0 aliphatic carbocycles. The summed E-state index contributed by atoms with van der Waals surface area (Å²) in [6.07, 6.45) is 7.06. The van der Waals surface area contributed by atoms with E-state index < -0.39 is 6.03 Å². The number of anilines is 4. The lowest BCUT2D eigenvalue weighted by Gasteiger charge is -2.31. The van der Waals surface area contributed by atoms with Gasteiger partial charge in [0, 0.05) is 55.2 Å². The van der Waals surface area contributed by atoms with Crippen LogP contribution in [0.1, 0.15) is 60.9 Å². The van der Waals surface area contributed by atoms with E-state index in [9.17, 15) is 9.59 Å². The fourth-order valence-corrected chi connectivity index (χ4v) is 6.76. The molecule has 0 bridgehead atoms. The maximum absolute atomic E-state index is 13.5. The first-order valence-electron chi connectivity index (χ1n) is 19.5. The molecule has 0 spiro atoms. The van der Waals surface area contributed by atoms with E-state index in [-0.39, 0.29) is 29.7 Å². The van der Waals surface area contributed by atoms with Crippen LogP contribution < -0.4 is 26.0 Å². The van der Waals surface area contributed by atoms with Gasteiger partial charge < -0.3 is 25.4 Å². The Bertz CT molecular complexity index is 2360. The van der Waals surface area contributed by atoms with Gasteiger partial charge in [-0.25, -0.2) is 24.4 Å². The third-order valence-electron chi connectivity index (χ3n) is 10.00. The minimum atomic E-state index is -0.392. The van der Waals surface area contributed by atoms with Gasteiger partial charge in [0.05, 0.1) is 35.6 Å². The van der Waals surface area contributed by atoms with Crippen molar-refractivity contribution in [3.8, 4) is 11.4 Å². The van der Waals surface area contributed by atoms with Gasteiger partial charge in [-0.2, -0.15) is 5.10 Å². The Labute approximate surface area is 338 Å². The first-order chi connectivity index (χ1) is 28.0. The summed E-state index contributed by atoms with van der Waals surface area (Å²) in [7, 11) is 1.75. The van der Waals surface area contributed by atoms with Crippen molar-refractivity contribution >= 4 is 45.9 Å². The molecule has 3 aromatic heterocycles. The number of rotatable bonds is 13. The SMILES string of the molecule is COC1CCCN(CCNC(=O)c2cnc(Nc3cc(COc4ccc(NC(=O)Nc5cc(C(C)(C)C)nn5-c5ccc(C)cc5)c5ccccc45)ccn3)cn2)C1.